The van der Waals surface area contributed by atoms with E-state index in [0.717, 1.165) is 6.07 Å². The smallest absolute Gasteiger partial charge is 0.142 e. The fourth-order valence-corrected chi connectivity index (χ4v) is 1.34. The van der Waals surface area contributed by atoms with Crippen LogP contribution >= 0.6 is 11.6 Å². The Balaban J connectivity index is 3.11. The molecule has 0 radical (unpaired) electrons. The fraction of sp³-hybridized carbons (Fsp3) is 0.333. The molecule has 14 heavy (non-hydrogen) atoms. The van der Waals surface area contributed by atoms with E-state index in [1.807, 2.05) is 0 Å². The van der Waals surface area contributed by atoms with Crippen LogP contribution in [0.2, 0.25) is 5.02 Å². The predicted molar refractivity (Wildman–Crippen MR) is 51.7 cm³/mol. The molecule has 0 saturated heterocycles. The number of phenols is 1. The lowest BCUT2D eigenvalue weighted by Crippen LogP contribution is -2.08. The zero-order valence-electron chi connectivity index (χ0n) is 7.37. The van der Waals surface area contributed by atoms with Crippen LogP contribution in [0.1, 0.15) is 18.1 Å². The van der Waals surface area contributed by atoms with Crippen molar-refractivity contribution in [1.29, 1.82) is 0 Å². The van der Waals surface area contributed by atoms with E-state index in [4.69, 9.17) is 17.3 Å². The maximum absolute atomic E-state index is 13.2. The monoisotopic (exact) mass is 219 g/mol. The molecule has 0 bridgehead atoms. The van der Waals surface area contributed by atoms with Gasteiger partial charge in [0.1, 0.15) is 11.6 Å². The molecule has 0 saturated carbocycles. The number of phenolic OH excluding ortho intramolecular Hbond substituents is 1. The molecule has 1 aromatic carbocycles. The molecule has 0 aliphatic carbocycles. The Labute approximate surface area is 85.9 Å². The lowest BCUT2D eigenvalue weighted by atomic mass is 10.0. The molecule has 3 nitrogen and oxygen atoms in total. The van der Waals surface area contributed by atoms with E-state index in [0.29, 0.717) is 0 Å². The lowest BCUT2D eigenvalue weighted by molar-refractivity contribution is 0.161. The Kier molecular flexibility index (Phi) is 3.69. The van der Waals surface area contributed by atoms with Crippen LogP contribution in [0.5, 0.6) is 5.75 Å². The maximum Gasteiger partial charge on any atom is 0.142 e. The summed E-state index contributed by atoms with van der Waals surface area (Å²) in [6.45, 7) is 0.201. The Morgan fingerprint density at radius 2 is 2.14 bits per heavy atom. The van der Waals surface area contributed by atoms with Crippen LogP contribution in [-0.2, 0) is 0 Å². The van der Waals surface area contributed by atoms with Crippen molar-refractivity contribution in [3.63, 3.8) is 0 Å². The van der Waals surface area contributed by atoms with Crippen LogP contribution in [0.3, 0.4) is 0 Å². The molecule has 0 spiro atoms. The molecule has 0 aliphatic rings. The van der Waals surface area contributed by atoms with Crippen LogP contribution in [0.15, 0.2) is 12.1 Å². The Bertz CT molecular complexity index is 333. The number of hydrogen-bond donors (Lipinski definition) is 3. The van der Waals surface area contributed by atoms with E-state index in [9.17, 15) is 14.6 Å². The number of benzene rings is 1. The summed E-state index contributed by atoms with van der Waals surface area (Å²) in [6.07, 6.45) is -0.955. The van der Waals surface area contributed by atoms with Crippen molar-refractivity contribution in [1.82, 2.24) is 0 Å². The van der Waals surface area contributed by atoms with Crippen molar-refractivity contribution in [2.75, 3.05) is 6.54 Å². The van der Waals surface area contributed by atoms with Gasteiger partial charge in [0.15, 0.2) is 0 Å². The minimum absolute atomic E-state index is 0.0115. The molecule has 1 unspecified atom stereocenters. The molecule has 0 fully saturated rings. The van der Waals surface area contributed by atoms with Crippen LogP contribution in [0, 0.1) is 5.82 Å². The number of rotatable bonds is 3. The van der Waals surface area contributed by atoms with Crippen LogP contribution < -0.4 is 5.73 Å². The highest BCUT2D eigenvalue weighted by Crippen LogP contribution is 2.34. The molecular formula is C9H11ClFNO2. The zero-order chi connectivity index (χ0) is 10.7. The van der Waals surface area contributed by atoms with Gasteiger partial charge < -0.3 is 15.9 Å². The molecular weight excluding hydrogens is 209 g/mol. The van der Waals surface area contributed by atoms with Gasteiger partial charge in [0, 0.05) is 0 Å². The molecule has 1 rings (SSSR count). The maximum atomic E-state index is 13.2. The van der Waals surface area contributed by atoms with Crippen LogP contribution in [-0.4, -0.2) is 16.8 Å². The van der Waals surface area contributed by atoms with Crippen molar-refractivity contribution in [2.24, 2.45) is 5.73 Å². The molecule has 1 atom stereocenters. The molecule has 4 N–H and O–H groups in total. The van der Waals surface area contributed by atoms with E-state index < -0.39 is 17.7 Å². The summed E-state index contributed by atoms with van der Waals surface area (Å²) in [6, 6.07) is 2.32. The first kappa shape index (κ1) is 11.2. The number of aromatic hydroxyl groups is 1. The van der Waals surface area contributed by atoms with Gasteiger partial charge in [-0.1, -0.05) is 11.6 Å². The Hall–Kier alpha value is -0.840. The van der Waals surface area contributed by atoms with Gasteiger partial charge in [0.05, 0.1) is 16.7 Å². The quantitative estimate of drug-likeness (QED) is 0.723. The number of halogens is 2. The summed E-state index contributed by atoms with van der Waals surface area (Å²) in [7, 11) is 0. The second-order valence-corrected chi connectivity index (χ2v) is 3.29. The average Bonchev–Trinajstić information content (AvgIpc) is 2.13. The lowest BCUT2D eigenvalue weighted by Gasteiger charge is -2.13. The second kappa shape index (κ2) is 4.59. The van der Waals surface area contributed by atoms with Crippen molar-refractivity contribution < 1.29 is 14.6 Å². The number of hydrogen-bond acceptors (Lipinski definition) is 3. The first-order valence-corrected chi connectivity index (χ1v) is 4.50. The Morgan fingerprint density at radius 3 is 2.71 bits per heavy atom. The summed E-state index contributed by atoms with van der Waals surface area (Å²) in [4.78, 5) is 0. The Morgan fingerprint density at radius 1 is 1.50 bits per heavy atom. The molecule has 1 aromatic rings. The van der Waals surface area contributed by atoms with Gasteiger partial charge in [-0.3, -0.25) is 0 Å². The highest BCUT2D eigenvalue weighted by Gasteiger charge is 2.18. The van der Waals surface area contributed by atoms with Gasteiger partial charge in [-0.15, -0.1) is 0 Å². The first-order chi connectivity index (χ1) is 6.57. The van der Waals surface area contributed by atoms with Crippen LogP contribution in [0.25, 0.3) is 0 Å². The van der Waals surface area contributed by atoms with E-state index in [-0.39, 0.29) is 23.6 Å². The number of aliphatic hydroxyl groups excluding tert-OH is 1. The SMILES string of the molecule is NCCC(O)c1c(F)ccc(Cl)c1O. The third kappa shape index (κ3) is 2.15. The average molecular weight is 220 g/mol. The summed E-state index contributed by atoms with van der Waals surface area (Å²) in [5.41, 5.74) is 5.02. The van der Waals surface area contributed by atoms with Crippen molar-refractivity contribution in [3.8, 4) is 5.75 Å². The topological polar surface area (TPSA) is 66.5 Å². The minimum atomic E-state index is -1.13. The van der Waals surface area contributed by atoms with Gasteiger partial charge in [0.2, 0.25) is 0 Å². The van der Waals surface area contributed by atoms with E-state index in [1.165, 1.54) is 6.07 Å². The van der Waals surface area contributed by atoms with Crippen molar-refractivity contribution >= 4 is 11.6 Å². The molecule has 5 heteroatoms. The fourth-order valence-electron chi connectivity index (χ4n) is 1.18. The predicted octanol–water partition coefficient (Wildman–Crippen LogP) is 1.57. The molecule has 78 valence electrons. The third-order valence-corrected chi connectivity index (χ3v) is 2.19. The van der Waals surface area contributed by atoms with Gasteiger partial charge in [0.25, 0.3) is 0 Å². The largest absolute Gasteiger partial charge is 0.506 e. The molecule has 0 aromatic heterocycles. The normalized spacial score (nSPS) is 12.9. The summed E-state index contributed by atoms with van der Waals surface area (Å²) in [5, 5.41) is 18.9. The third-order valence-electron chi connectivity index (χ3n) is 1.89. The molecule has 0 amide bonds. The summed E-state index contributed by atoms with van der Waals surface area (Å²) < 4.78 is 13.2. The standard InChI is InChI=1S/C9H11ClFNO2/c10-5-1-2-6(11)8(9(5)14)7(13)3-4-12/h1-2,7,13-14H,3-4,12H2. The first-order valence-electron chi connectivity index (χ1n) is 4.13. The zero-order valence-corrected chi connectivity index (χ0v) is 8.13. The number of aliphatic hydroxyl groups is 1. The number of nitrogens with two attached hydrogens (primary N) is 1. The van der Waals surface area contributed by atoms with Gasteiger partial charge >= 0.3 is 0 Å². The van der Waals surface area contributed by atoms with E-state index in [2.05, 4.69) is 0 Å². The molecule has 0 aliphatic heterocycles. The summed E-state index contributed by atoms with van der Waals surface area (Å²) in [5.74, 6) is -1.11. The highest BCUT2D eigenvalue weighted by molar-refractivity contribution is 6.32. The van der Waals surface area contributed by atoms with Gasteiger partial charge in [-0.05, 0) is 25.1 Å². The summed E-state index contributed by atoms with van der Waals surface area (Å²) >= 11 is 5.57. The molecule has 0 heterocycles. The van der Waals surface area contributed by atoms with Gasteiger partial charge in [-0.25, -0.2) is 4.39 Å². The van der Waals surface area contributed by atoms with Crippen LogP contribution in [0.4, 0.5) is 4.39 Å². The second-order valence-electron chi connectivity index (χ2n) is 2.88. The van der Waals surface area contributed by atoms with Crippen molar-refractivity contribution in [3.05, 3.63) is 28.5 Å². The van der Waals surface area contributed by atoms with E-state index in [1.54, 1.807) is 0 Å². The van der Waals surface area contributed by atoms with Crippen molar-refractivity contribution in [2.45, 2.75) is 12.5 Å². The minimum Gasteiger partial charge on any atom is -0.506 e. The highest BCUT2D eigenvalue weighted by atomic mass is 35.5. The van der Waals surface area contributed by atoms with E-state index >= 15 is 0 Å². The van der Waals surface area contributed by atoms with Gasteiger partial charge in [-0.2, -0.15) is 0 Å².